The summed E-state index contributed by atoms with van der Waals surface area (Å²) in [5, 5.41) is 4.15. The van der Waals surface area contributed by atoms with Crippen LogP contribution >= 0.6 is 11.5 Å². The molecule has 5 rings (SSSR count). The average molecular weight is 461 g/mol. The van der Waals surface area contributed by atoms with E-state index in [1.54, 1.807) is 11.5 Å². The SMILES string of the molecule is O=C(Nc1cccc(CCN2CCN(c3nsc4ccccc34)CC2)c1)c1ccc(F)cc1. The highest BCUT2D eigenvalue weighted by atomic mass is 32.1. The number of anilines is 2. The van der Waals surface area contributed by atoms with E-state index in [0.29, 0.717) is 5.56 Å². The van der Waals surface area contributed by atoms with E-state index in [4.69, 9.17) is 4.37 Å². The highest BCUT2D eigenvalue weighted by Crippen LogP contribution is 2.29. The Kier molecular flexibility index (Phi) is 6.32. The number of piperazine rings is 1. The van der Waals surface area contributed by atoms with Gasteiger partial charge in [0.1, 0.15) is 11.6 Å². The van der Waals surface area contributed by atoms with Gasteiger partial charge >= 0.3 is 0 Å². The topological polar surface area (TPSA) is 48.5 Å². The Morgan fingerprint density at radius 3 is 2.58 bits per heavy atom. The number of benzene rings is 3. The molecule has 0 unspecified atom stereocenters. The van der Waals surface area contributed by atoms with E-state index in [1.807, 2.05) is 18.2 Å². The van der Waals surface area contributed by atoms with E-state index in [9.17, 15) is 9.18 Å². The summed E-state index contributed by atoms with van der Waals surface area (Å²) in [6, 6.07) is 21.9. The lowest BCUT2D eigenvalue weighted by Gasteiger charge is -2.35. The molecule has 2 heterocycles. The lowest BCUT2D eigenvalue weighted by Crippen LogP contribution is -2.47. The van der Waals surface area contributed by atoms with E-state index in [0.717, 1.165) is 50.6 Å². The maximum absolute atomic E-state index is 13.1. The fourth-order valence-corrected chi connectivity index (χ4v) is 4.98. The summed E-state index contributed by atoms with van der Waals surface area (Å²) >= 11 is 1.57. The molecule has 1 fully saturated rings. The van der Waals surface area contributed by atoms with Crippen LogP contribution in [0.1, 0.15) is 15.9 Å². The van der Waals surface area contributed by atoms with E-state index in [1.165, 1.54) is 39.9 Å². The number of halogens is 1. The number of hydrogen-bond acceptors (Lipinski definition) is 5. The van der Waals surface area contributed by atoms with Gasteiger partial charge in [0.2, 0.25) is 0 Å². The Hall–Kier alpha value is -3.29. The van der Waals surface area contributed by atoms with Gasteiger partial charge in [0.15, 0.2) is 0 Å². The first-order valence-corrected chi connectivity index (χ1v) is 11.9. The first-order valence-electron chi connectivity index (χ1n) is 11.1. The molecule has 3 aromatic carbocycles. The molecule has 5 nitrogen and oxygen atoms in total. The largest absolute Gasteiger partial charge is 0.353 e. The molecule has 0 radical (unpaired) electrons. The highest BCUT2D eigenvalue weighted by molar-refractivity contribution is 7.13. The van der Waals surface area contributed by atoms with Crippen molar-refractivity contribution in [1.82, 2.24) is 9.27 Å². The van der Waals surface area contributed by atoms with Crippen LogP contribution in [0.5, 0.6) is 0 Å². The molecule has 7 heteroatoms. The first kappa shape index (κ1) is 21.6. The summed E-state index contributed by atoms with van der Waals surface area (Å²) < 4.78 is 19.0. The summed E-state index contributed by atoms with van der Waals surface area (Å²) in [4.78, 5) is 17.3. The fourth-order valence-electron chi connectivity index (χ4n) is 4.18. The smallest absolute Gasteiger partial charge is 0.255 e. The van der Waals surface area contributed by atoms with Crippen LogP contribution in [-0.2, 0) is 6.42 Å². The summed E-state index contributed by atoms with van der Waals surface area (Å²) in [5.41, 5.74) is 2.37. The number of carbonyl (C=O) groups excluding carboxylic acids is 1. The molecule has 0 atom stereocenters. The number of nitrogens with one attached hydrogen (secondary N) is 1. The maximum Gasteiger partial charge on any atom is 0.255 e. The third-order valence-electron chi connectivity index (χ3n) is 6.04. The molecule has 0 saturated carbocycles. The number of amides is 1. The van der Waals surface area contributed by atoms with Crippen LogP contribution in [0.3, 0.4) is 0 Å². The van der Waals surface area contributed by atoms with Gasteiger partial charge in [-0.3, -0.25) is 9.69 Å². The fraction of sp³-hybridized carbons (Fsp3) is 0.231. The molecule has 0 aliphatic carbocycles. The summed E-state index contributed by atoms with van der Waals surface area (Å²) in [6.45, 7) is 4.93. The van der Waals surface area contributed by atoms with E-state index in [2.05, 4.69) is 45.4 Å². The number of carbonyl (C=O) groups is 1. The summed E-state index contributed by atoms with van der Waals surface area (Å²) in [5.74, 6) is 0.520. The van der Waals surface area contributed by atoms with Gasteiger partial charge in [0, 0.05) is 49.4 Å². The zero-order valence-corrected chi connectivity index (χ0v) is 19.0. The van der Waals surface area contributed by atoms with Crippen LogP contribution in [-0.4, -0.2) is 47.9 Å². The minimum absolute atomic E-state index is 0.238. The second-order valence-corrected chi connectivity index (χ2v) is 9.05. The molecule has 168 valence electrons. The standard InChI is InChI=1S/C26H25FN4OS/c27-21-10-8-20(9-11-21)26(32)28-22-5-3-4-19(18-22)12-13-30-14-16-31(17-15-30)25-23-6-1-2-7-24(23)33-29-25/h1-11,18H,12-17H2,(H,28,32). The van der Waals surface area contributed by atoms with Gasteiger partial charge in [0.25, 0.3) is 5.91 Å². The van der Waals surface area contributed by atoms with Crippen LogP contribution in [0.4, 0.5) is 15.9 Å². The van der Waals surface area contributed by atoms with Crippen molar-refractivity contribution >= 4 is 39.0 Å². The molecule has 1 aliphatic heterocycles. The molecule has 1 N–H and O–H groups in total. The third-order valence-corrected chi connectivity index (χ3v) is 6.86. The van der Waals surface area contributed by atoms with Crippen molar-refractivity contribution in [3.8, 4) is 0 Å². The Labute approximate surface area is 196 Å². The Morgan fingerprint density at radius 1 is 0.970 bits per heavy atom. The number of fused-ring (bicyclic) bond motifs is 1. The van der Waals surface area contributed by atoms with Crippen molar-refractivity contribution < 1.29 is 9.18 Å². The van der Waals surface area contributed by atoms with Gasteiger partial charge in [-0.15, -0.1) is 0 Å². The average Bonchev–Trinajstić information content (AvgIpc) is 3.28. The van der Waals surface area contributed by atoms with Gasteiger partial charge in [-0.05, 0) is 72.0 Å². The molecule has 33 heavy (non-hydrogen) atoms. The summed E-state index contributed by atoms with van der Waals surface area (Å²) in [7, 11) is 0. The number of nitrogens with zero attached hydrogens (tertiary/aromatic N) is 3. The molecule has 1 aromatic heterocycles. The normalized spacial score (nSPS) is 14.5. The van der Waals surface area contributed by atoms with Crippen molar-refractivity contribution in [3.63, 3.8) is 0 Å². The Bertz CT molecular complexity index is 1250. The number of hydrogen-bond donors (Lipinski definition) is 1. The van der Waals surface area contributed by atoms with Gasteiger partial charge in [-0.25, -0.2) is 4.39 Å². The second kappa shape index (κ2) is 9.68. The van der Waals surface area contributed by atoms with Crippen LogP contribution in [0, 0.1) is 5.82 Å². The third kappa shape index (κ3) is 5.05. The van der Waals surface area contributed by atoms with Gasteiger partial charge in [0.05, 0.1) is 4.70 Å². The Morgan fingerprint density at radius 2 is 1.76 bits per heavy atom. The predicted octanol–water partition coefficient (Wildman–Crippen LogP) is 5.05. The van der Waals surface area contributed by atoms with Gasteiger partial charge in [-0.2, -0.15) is 4.37 Å². The molecule has 1 saturated heterocycles. The van der Waals surface area contributed by atoms with E-state index >= 15 is 0 Å². The Balaban J connectivity index is 1.14. The maximum atomic E-state index is 13.1. The zero-order chi connectivity index (χ0) is 22.6. The minimum atomic E-state index is -0.352. The molecule has 1 amide bonds. The monoisotopic (exact) mass is 460 g/mol. The molecular weight excluding hydrogens is 435 g/mol. The van der Waals surface area contributed by atoms with Crippen LogP contribution < -0.4 is 10.2 Å². The van der Waals surface area contributed by atoms with Crippen LogP contribution in [0.15, 0.2) is 72.8 Å². The van der Waals surface area contributed by atoms with Crippen molar-refractivity contribution in [2.45, 2.75) is 6.42 Å². The van der Waals surface area contributed by atoms with Gasteiger partial charge < -0.3 is 10.2 Å². The molecule has 4 aromatic rings. The minimum Gasteiger partial charge on any atom is -0.353 e. The highest BCUT2D eigenvalue weighted by Gasteiger charge is 2.20. The van der Waals surface area contributed by atoms with Gasteiger partial charge in [-0.1, -0.05) is 24.3 Å². The number of aromatic nitrogens is 1. The lowest BCUT2D eigenvalue weighted by atomic mass is 10.1. The lowest BCUT2D eigenvalue weighted by molar-refractivity contribution is 0.102. The van der Waals surface area contributed by atoms with Crippen molar-refractivity contribution in [1.29, 1.82) is 0 Å². The molecule has 0 spiro atoms. The zero-order valence-electron chi connectivity index (χ0n) is 18.2. The van der Waals surface area contributed by atoms with E-state index in [-0.39, 0.29) is 11.7 Å². The molecular formula is C26H25FN4OS. The first-order chi connectivity index (χ1) is 16.2. The predicted molar refractivity (Wildman–Crippen MR) is 133 cm³/mol. The second-order valence-electron chi connectivity index (χ2n) is 8.24. The van der Waals surface area contributed by atoms with Crippen molar-refractivity contribution in [2.75, 3.05) is 42.9 Å². The van der Waals surface area contributed by atoms with Crippen molar-refractivity contribution in [2.24, 2.45) is 0 Å². The van der Waals surface area contributed by atoms with Crippen molar-refractivity contribution in [3.05, 3.63) is 89.7 Å². The molecule has 1 aliphatic rings. The summed E-state index contributed by atoms with van der Waals surface area (Å²) in [6.07, 6.45) is 0.917. The number of rotatable bonds is 6. The quantitative estimate of drug-likeness (QED) is 0.437. The van der Waals surface area contributed by atoms with E-state index < -0.39 is 0 Å². The van der Waals surface area contributed by atoms with Crippen LogP contribution in [0.25, 0.3) is 10.1 Å². The van der Waals surface area contributed by atoms with Crippen LogP contribution in [0.2, 0.25) is 0 Å². The molecule has 0 bridgehead atoms.